The Balaban J connectivity index is 1.51. The molecule has 0 aliphatic rings. The Morgan fingerprint density at radius 1 is 0.273 bits per heavy atom. The molecule has 0 fully saturated rings. The zero-order valence-electron chi connectivity index (χ0n) is 25.0. The zero-order valence-corrected chi connectivity index (χ0v) is 25.0. The van der Waals surface area contributed by atoms with E-state index in [1.54, 1.807) is 0 Å². The van der Waals surface area contributed by atoms with Crippen molar-refractivity contribution in [1.82, 2.24) is 0 Å². The number of rotatable bonds is 4. The van der Waals surface area contributed by atoms with E-state index < -0.39 is 0 Å². The van der Waals surface area contributed by atoms with Crippen molar-refractivity contribution >= 4 is 32.3 Å². The van der Waals surface area contributed by atoms with E-state index in [2.05, 4.69) is 172 Å². The van der Waals surface area contributed by atoms with Crippen LogP contribution in [0.3, 0.4) is 0 Å². The predicted molar refractivity (Wildman–Crippen MR) is 190 cm³/mol. The fourth-order valence-electron chi connectivity index (χ4n) is 6.65. The van der Waals surface area contributed by atoms with Crippen molar-refractivity contribution in [3.05, 3.63) is 169 Å². The summed E-state index contributed by atoms with van der Waals surface area (Å²) in [4.78, 5) is 0. The third-order valence-electron chi connectivity index (χ3n) is 8.99. The van der Waals surface area contributed by atoms with Crippen LogP contribution in [0.4, 0.5) is 0 Å². The maximum atomic E-state index is 2.41. The summed E-state index contributed by atoms with van der Waals surface area (Å²) in [6.45, 7) is 4.29. The van der Waals surface area contributed by atoms with E-state index in [-0.39, 0.29) is 0 Å². The first-order chi connectivity index (χ1) is 21.6. The van der Waals surface area contributed by atoms with E-state index in [0.29, 0.717) is 0 Å². The lowest BCUT2D eigenvalue weighted by atomic mass is 9.83. The van der Waals surface area contributed by atoms with Crippen LogP contribution in [0, 0.1) is 13.8 Å². The van der Waals surface area contributed by atoms with Gasteiger partial charge in [0.25, 0.3) is 0 Å². The van der Waals surface area contributed by atoms with E-state index in [1.807, 2.05) is 0 Å². The van der Waals surface area contributed by atoms with Crippen LogP contribution in [-0.4, -0.2) is 0 Å². The van der Waals surface area contributed by atoms with Gasteiger partial charge in [-0.3, -0.25) is 0 Å². The van der Waals surface area contributed by atoms with Crippen LogP contribution in [0.1, 0.15) is 11.1 Å². The van der Waals surface area contributed by atoms with E-state index in [0.717, 1.165) is 0 Å². The number of hydrogen-bond donors (Lipinski definition) is 0. The van der Waals surface area contributed by atoms with Gasteiger partial charge in [-0.1, -0.05) is 151 Å². The maximum absolute atomic E-state index is 2.41. The molecule has 0 N–H and O–H groups in total. The van der Waals surface area contributed by atoms with Gasteiger partial charge in [0.15, 0.2) is 0 Å². The van der Waals surface area contributed by atoms with Gasteiger partial charge in [-0.15, -0.1) is 0 Å². The summed E-state index contributed by atoms with van der Waals surface area (Å²) in [5.41, 5.74) is 12.5. The highest BCUT2D eigenvalue weighted by atomic mass is 14.2. The van der Waals surface area contributed by atoms with E-state index >= 15 is 0 Å². The predicted octanol–water partition coefficient (Wildman–Crippen LogP) is 12.4. The zero-order chi connectivity index (χ0) is 29.6. The normalized spacial score (nSPS) is 11.4. The quantitative estimate of drug-likeness (QED) is 0.188. The summed E-state index contributed by atoms with van der Waals surface area (Å²) in [7, 11) is 0. The minimum absolute atomic E-state index is 1.23. The first-order valence-electron chi connectivity index (χ1n) is 15.3. The lowest BCUT2D eigenvalue weighted by Crippen LogP contribution is -1.93. The van der Waals surface area contributed by atoms with Gasteiger partial charge in [-0.25, -0.2) is 0 Å². The highest BCUT2D eigenvalue weighted by Gasteiger charge is 2.19. The van der Waals surface area contributed by atoms with Crippen LogP contribution in [0.2, 0.25) is 0 Å². The Morgan fingerprint density at radius 2 is 0.727 bits per heavy atom. The molecule has 208 valence electrons. The van der Waals surface area contributed by atoms with Gasteiger partial charge in [0.2, 0.25) is 0 Å². The molecule has 0 aliphatic carbocycles. The summed E-state index contributed by atoms with van der Waals surface area (Å²) < 4.78 is 0. The fraction of sp³-hybridized carbons (Fsp3) is 0.0455. The molecule has 0 saturated carbocycles. The van der Waals surface area contributed by atoms with Crippen molar-refractivity contribution in [3.8, 4) is 44.5 Å². The van der Waals surface area contributed by atoms with Crippen LogP contribution in [0.15, 0.2) is 158 Å². The maximum Gasteiger partial charge on any atom is -0.00259 e. The van der Waals surface area contributed by atoms with Crippen molar-refractivity contribution in [2.75, 3.05) is 0 Å². The monoisotopic (exact) mass is 560 g/mol. The summed E-state index contributed by atoms with van der Waals surface area (Å²) >= 11 is 0. The second-order valence-electron chi connectivity index (χ2n) is 11.9. The average Bonchev–Trinajstić information content (AvgIpc) is 3.07. The van der Waals surface area contributed by atoms with Gasteiger partial charge in [-0.05, 0) is 109 Å². The Kier molecular flexibility index (Phi) is 6.35. The van der Waals surface area contributed by atoms with Gasteiger partial charge < -0.3 is 0 Å². The summed E-state index contributed by atoms with van der Waals surface area (Å²) in [5, 5.41) is 7.59. The van der Waals surface area contributed by atoms with Crippen LogP contribution in [0.5, 0.6) is 0 Å². The second kappa shape index (κ2) is 10.7. The minimum atomic E-state index is 1.23. The van der Waals surface area contributed by atoms with Crippen molar-refractivity contribution in [1.29, 1.82) is 0 Å². The number of hydrogen-bond acceptors (Lipinski definition) is 0. The molecule has 0 bridgehead atoms. The molecule has 8 aromatic carbocycles. The number of aryl methyl sites for hydroxylation is 2. The molecular weight excluding hydrogens is 528 g/mol. The van der Waals surface area contributed by atoms with Crippen molar-refractivity contribution in [2.45, 2.75) is 13.8 Å². The summed E-state index contributed by atoms with van der Waals surface area (Å²) in [5.74, 6) is 0. The Hall–Kier alpha value is -5.46. The molecule has 0 atom stereocenters. The molecular formula is C44H32. The van der Waals surface area contributed by atoms with Crippen molar-refractivity contribution < 1.29 is 0 Å². The first kappa shape index (κ1) is 26.2. The first-order valence-corrected chi connectivity index (χ1v) is 15.3. The molecule has 0 amide bonds. The fourth-order valence-corrected chi connectivity index (χ4v) is 6.65. The molecule has 0 spiro atoms. The van der Waals surface area contributed by atoms with Gasteiger partial charge in [0.1, 0.15) is 0 Å². The van der Waals surface area contributed by atoms with E-state index in [1.165, 1.54) is 88.0 Å². The lowest BCUT2D eigenvalue weighted by molar-refractivity contribution is 1.47. The van der Waals surface area contributed by atoms with Gasteiger partial charge in [0, 0.05) is 0 Å². The van der Waals surface area contributed by atoms with Crippen molar-refractivity contribution in [3.63, 3.8) is 0 Å². The standard InChI is InChI=1S/C44H32/c1-29-12-16-32(17-13-29)36-23-25-40-41(27-36)43(34-9-4-3-5-10-34)39-24-22-37(33-18-14-30(2)15-19-33)28-42(39)44(40)38-21-20-31-8-6-7-11-35(31)26-38/h3-28H,1-2H3. The topological polar surface area (TPSA) is 0 Å². The molecule has 44 heavy (non-hydrogen) atoms. The van der Waals surface area contributed by atoms with Crippen LogP contribution < -0.4 is 0 Å². The SMILES string of the molecule is Cc1ccc(-c2ccc3c(-c4ccc5ccccc5c4)c4cc(-c5ccc(C)cc5)ccc4c(-c4ccccc4)c3c2)cc1. The molecule has 0 heteroatoms. The average molecular weight is 561 g/mol. The smallest absolute Gasteiger partial charge is 0.00259 e. The second-order valence-corrected chi connectivity index (χ2v) is 11.9. The Bertz CT molecular complexity index is 2310. The number of benzene rings is 8. The molecule has 0 heterocycles. The van der Waals surface area contributed by atoms with Crippen molar-refractivity contribution in [2.24, 2.45) is 0 Å². The van der Waals surface area contributed by atoms with Crippen LogP contribution in [-0.2, 0) is 0 Å². The van der Waals surface area contributed by atoms with E-state index in [9.17, 15) is 0 Å². The molecule has 8 aromatic rings. The third kappa shape index (κ3) is 4.57. The van der Waals surface area contributed by atoms with Crippen LogP contribution >= 0.6 is 0 Å². The van der Waals surface area contributed by atoms with Gasteiger partial charge in [0.05, 0.1) is 0 Å². The highest BCUT2D eigenvalue weighted by Crippen LogP contribution is 2.46. The van der Waals surface area contributed by atoms with E-state index in [4.69, 9.17) is 0 Å². The Morgan fingerprint density at radius 3 is 1.30 bits per heavy atom. The third-order valence-corrected chi connectivity index (χ3v) is 8.99. The summed E-state index contributed by atoms with van der Waals surface area (Å²) in [6, 6.07) is 58.3. The molecule has 0 unspecified atom stereocenters. The molecule has 8 rings (SSSR count). The van der Waals surface area contributed by atoms with Crippen LogP contribution in [0.25, 0.3) is 76.8 Å². The van der Waals surface area contributed by atoms with Gasteiger partial charge >= 0.3 is 0 Å². The molecule has 0 saturated heterocycles. The molecule has 0 aromatic heterocycles. The molecule has 0 aliphatic heterocycles. The summed E-state index contributed by atoms with van der Waals surface area (Å²) in [6.07, 6.45) is 0. The molecule has 0 nitrogen and oxygen atoms in total. The molecule has 0 radical (unpaired) electrons. The largest absolute Gasteiger partial charge is 0.0622 e. The van der Waals surface area contributed by atoms with Gasteiger partial charge in [-0.2, -0.15) is 0 Å². The highest BCUT2D eigenvalue weighted by molar-refractivity contribution is 6.22. The number of fused-ring (bicyclic) bond motifs is 3. The Labute approximate surface area is 258 Å². The lowest BCUT2D eigenvalue weighted by Gasteiger charge is -2.20. The minimum Gasteiger partial charge on any atom is -0.0622 e.